The van der Waals surface area contributed by atoms with Crippen LogP contribution < -0.4 is 0 Å². The number of carbonyl (C=O) groups is 1. The highest BCUT2D eigenvalue weighted by molar-refractivity contribution is 5.86. The molecule has 13 heavy (non-hydrogen) atoms. The van der Waals surface area contributed by atoms with E-state index in [4.69, 9.17) is 9.84 Å². The van der Waals surface area contributed by atoms with Gasteiger partial charge in [-0.15, -0.1) is 0 Å². The lowest BCUT2D eigenvalue weighted by atomic mass is 10.3. The first-order valence-electron chi connectivity index (χ1n) is 3.98. The Kier molecular flexibility index (Phi) is 3.02. The summed E-state index contributed by atoms with van der Waals surface area (Å²) in [6.45, 7) is 4.02. The molecule has 0 saturated carbocycles. The van der Waals surface area contributed by atoms with Crippen molar-refractivity contribution in [1.82, 2.24) is 9.97 Å². The van der Waals surface area contributed by atoms with Crippen LogP contribution in [0.15, 0.2) is 6.33 Å². The average molecular weight is 184 g/mol. The van der Waals surface area contributed by atoms with Gasteiger partial charge in [0.1, 0.15) is 0 Å². The van der Waals surface area contributed by atoms with E-state index in [-0.39, 0.29) is 18.4 Å². The van der Waals surface area contributed by atoms with Crippen LogP contribution in [0.1, 0.15) is 30.0 Å². The number of rotatable bonds is 4. The summed E-state index contributed by atoms with van der Waals surface area (Å²) < 4.78 is 5.24. The van der Waals surface area contributed by atoms with Crippen LogP contribution in [-0.4, -0.2) is 27.1 Å². The number of aromatic nitrogens is 2. The van der Waals surface area contributed by atoms with Gasteiger partial charge in [-0.1, -0.05) is 0 Å². The van der Waals surface area contributed by atoms with E-state index in [0.717, 1.165) is 0 Å². The first kappa shape index (κ1) is 9.73. The topological polar surface area (TPSA) is 75.2 Å². The molecular weight excluding hydrogens is 172 g/mol. The van der Waals surface area contributed by atoms with Crippen LogP contribution in [0.3, 0.4) is 0 Å². The highest BCUT2D eigenvalue weighted by Crippen LogP contribution is 2.05. The molecule has 0 spiro atoms. The normalized spacial score (nSPS) is 10.7. The zero-order chi connectivity index (χ0) is 9.84. The molecule has 0 aliphatic carbocycles. The molecule has 0 aliphatic rings. The quantitative estimate of drug-likeness (QED) is 0.732. The maximum absolute atomic E-state index is 10.6. The van der Waals surface area contributed by atoms with Crippen molar-refractivity contribution in [3.63, 3.8) is 0 Å². The molecule has 72 valence electrons. The Hall–Kier alpha value is -1.36. The average Bonchev–Trinajstić information content (AvgIpc) is 2.47. The fourth-order valence-electron chi connectivity index (χ4n) is 0.865. The summed E-state index contributed by atoms with van der Waals surface area (Å²) in [5, 5.41) is 8.68. The number of ether oxygens (including phenoxy) is 1. The lowest BCUT2D eigenvalue weighted by Gasteiger charge is -2.05. The zero-order valence-corrected chi connectivity index (χ0v) is 7.57. The highest BCUT2D eigenvalue weighted by Gasteiger charge is 2.12. The molecule has 0 aromatic carbocycles. The Morgan fingerprint density at radius 1 is 1.77 bits per heavy atom. The molecule has 2 N–H and O–H groups in total. The second-order valence-electron chi connectivity index (χ2n) is 2.89. The van der Waals surface area contributed by atoms with Gasteiger partial charge in [-0.05, 0) is 13.8 Å². The third-order valence-corrected chi connectivity index (χ3v) is 1.48. The summed E-state index contributed by atoms with van der Waals surface area (Å²) in [7, 11) is 0. The monoisotopic (exact) mass is 184 g/mol. The van der Waals surface area contributed by atoms with Crippen molar-refractivity contribution in [2.45, 2.75) is 26.6 Å². The molecule has 0 aliphatic heterocycles. The van der Waals surface area contributed by atoms with E-state index < -0.39 is 5.97 Å². The molecule has 5 heteroatoms. The maximum atomic E-state index is 10.6. The number of nitrogens with zero attached hydrogens (tertiary/aromatic N) is 1. The minimum Gasteiger partial charge on any atom is -0.476 e. The number of carboxylic acid groups (broad SMARTS) is 1. The van der Waals surface area contributed by atoms with Gasteiger partial charge in [-0.2, -0.15) is 0 Å². The molecule has 0 radical (unpaired) electrons. The fraction of sp³-hybridized carbons (Fsp3) is 0.500. The molecule has 0 fully saturated rings. The van der Waals surface area contributed by atoms with E-state index in [9.17, 15) is 4.79 Å². The smallest absolute Gasteiger partial charge is 0.356 e. The van der Waals surface area contributed by atoms with Gasteiger partial charge in [0, 0.05) is 0 Å². The molecule has 0 atom stereocenters. The van der Waals surface area contributed by atoms with Crippen LogP contribution in [0.25, 0.3) is 0 Å². The number of nitrogens with one attached hydrogen (secondary N) is 1. The van der Waals surface area contributed by atoms with E-state index in [2.05, 4.69) is 9.97 Å². The highest BCUT2D eigenvalue weighted by atomic mass is 16.5. The molecule has 0 amide bonds. The molecule has 0 bridgehead atoms. The Morgan fingerprint density at radius 3 is 3.00 bits per heavy atom. The van der Waals surface area contributed by atoms with Crippen LogP contribution >= 0.6 is 0 Å². The number of carboxylic acids is 1. The number of aromatic amines is 1. The molecule has 1 rings (SSSR count). The Morgan fingerprint density at radius 2 is 2.46 bits per heavy atom. The van der Waals surface area contributed by atoms with E-state index >= 15 is 0 Å². The van der Waals surface area contributed by atoms with Gasteiger partial charge in [-0.25, -0.2) is 9.78 Å². The van der Waals surface area contributed by atoms with Crippen molar-refractivity contribution in [2.75, 3.05) is 0 Å². The Labute approximate surface area is 75.8 Å². The maximum Gasteiger partial charge on any atom is 0.356 e. The van der Waals surface area contributed by atoms with Crippen molar-refractivity contribution in [2.24, 2.45) is 0 Å². The summed E-state index contributed by atoms with van der Waals surface area (Å²) in [6, 6.07) is 0. The standard InChI is InChI=1S/C8H12N2O3/c1-5(2)13-3-6-7(8(11)12)10-4-9-6/h4-5H,3H2,1-2H3,(H,9,10)(H,11,12). The molecule has 1 aromatic heterocycles. The van der Waals surface area contributed by atoms with Gasteiger partial charge in [0.25, 0.3) is 0 Å². The van der Waals surface area contributed by atoms with Gasteiger partial charge in [0.05, 0.1) is 24.7 Å². The van der Waals surface area contributed by atoms with E-state index in [1.807, 2.05) is 13.8 Å². The second kappa shape index (κ2) is 4.04. The van der Waals surface area contributed by atoms with Crippen LogP contribution in [0.5, 0.6) is 0 Å². The van der Waals surface area contributed by atoms with Gasteiger partial charge < -0.3 is 14.8 Å². The predicted molar refractivity (Wildman–Crippen MR) is 45.5 cm³/mol. The fourth-order valence-corrected chi connectivity index (χ4v) is 0.865. The third-order valence-electron chi connectivity index (χ3n) is 1.48. The summed E-state index contributed by atoms with van der Waals surface area (Å²) in [4.78, 5) is 17.0. The van der Waals surface area contributed by atoms with E-state index in [0.29, 0.717) is 5.69 Å². The van der Waals surface area contributed by atoms with Crippen LogP contribution in [-0.2, 0) is 11.3 Å². The molecule has 0 unspecified atom stereocenters. The zero-order valence-electron chi connectivity index (χ0n) is 7.57. The summed E-state index contributed by atoms with van der Waals surface area (Å²) in [6.07, 6.45) is 1.42. The minimum atomic E-state index is -1.04. The molecule has 5 nitrogen and oxygen atoms in total. The van der Waals surface area contributed by atoms with Gasteiger partial charge in [0.15, 0.2) is 5.69 Å². The summed E-state index contributed by atoms with van der Waals surface area (Å²) >= 11 is 0. The predicted octanol–water partition coefficient (Wildman–Crippen LogP) is 1.03. The summed E-state index contributed by atoms with van der Waals surface area (Å²) in [5.41, 5.74) is 0.529. The number of hydrogen-bond donors (Lipinski definition) is 2. The molecule has 0 saturated heterocycles. The lowest BCUT2D eigenvalue weighted by molar-refractivity contribution is 0.0589. The number of hydrogen-bond acceptors (Lipinski definition) is 3. The SMILES string of the molecule is CC(C)OCc1[nH]cnc1C(=O)O. The molecular formula is C8H12N2O3. The Bertz CT molecular complexity index is 293. The van der Waals surface area contributed by atoms with Crippen molar-refractivity contribution in [1.29, 1.82) is 0 Å². The van der Waals surface area contributed by atoms with Crippen molar-refractivity contribution in [3.8, 4) is 0 Å². The first-order chi connectivity index (χ1) is 6.11. The van der Waals surface area contributed by atoms with Crippen LogP contribution in [0.2, 0.25) is 0 Å². The summed E-state index contributed by atoms with van der Waals surface area (Å²) in [5.74, 6) is -1.04. The first-order valence-corrected chi connectivity index (χ1v) is 3.98. The van der Waals surface area contributed by atoms with Crippen molar-refractivity contribution >= 4 is 5.97 Å². The van der Waals surface area contributed by atoms with Crippen molar-refractivity contribution in [3.05, 3.63) is 17.7 Å². The van der Waals surface area contributed by atoms with E-state index in [1.165, 1.54) is 6.33 Å². The largest absolute Gasteiger partial charge is 0.476 e. The van der Waals surface area contributed by atoms with Crippen molar-refractivity contribution < 1.29 is 14.6 Å². The second-order valence-corrected chi connectivity index (χ2v) is 2.89. The third kappa shape index (κ3) is 2.55. The van der Waals surface area contributed by atoms with Gasteiger partial charge >= 0.3 is 5.97 Å². The minimum absolute atomic E-state index is 0.0284. The number of imidazole rings is 1. The lowest BCUT2D eigenvalue weighted by Crippen LogP contribution is -2.07. The molecule has 1 aromatic rings. The van der Waals surface area contributed by atoms with Gasteiger partial charge in [0.2, 0.25) is 0 Å². The number of H-pyrrole nitrogens is 1. The van der Waals surface area contributed by atoms with E-state index in [1.54, 1.807) is 0 Å². The number of aromatic carboxylic acids is 1. The van der Waals surface area contributed by atoms with Crippen LogP contribution in [0.4, 0.5) is 0 Å². The van der Waals surface area contributed by atoms with Crippen LogP contribution in [0, 0.1) is 0 Å². The molecule has 1 heterocycles. The Balaban J connectivity index is 2.65. The van der Waals surface area contributed by atoms with Gasteiger partial charge in [-0.3, -0.25) is 0 Å².